The number of rotatable bonds is 3. The molecule has 2 aliphatic rings. The van der Waals surface area contributed by atoms with Crippen molar-refractivity contribution in [1.29, 1.82) is 0 Å². The number of aliphatic carboxylic acids is 1. The van der Waals surface area contributed by atoms with E-state index in [9.17, 15) is 19.5 Å². The minimum atomic E-state index is -0.879. The molecule has 2 aromatic rings. The fraction of sp³-hybridized carbons (Fsp3) is 0.318. The van der Waals surface area contributed by atoms with E-state index in [-0.39, 0.29) is 24.3 Å². The molecular formula is C22H22N2O4. The number of amides is 2. The van der Waals surface area contributed by atoms with Gasteiger partial charge < -0.3 is 14.9 Å². The van der Waals surface area contributed by atoms with Crippen molar-refractivity contribution in [3.8, 4) is 0 Å². The molecule has 0 spiro atoms. The van der Waals surface area contributed by atoms with Gasteiger partial charge in [-0.05, 0) is 35.7 Å². The van der Waals surface area contributed by atoms with Crippen molar-refractivity contribution < 1.29 is 19.5 Å². The van der Waals surface area contributed by atoms with Crippen LogP contribution in [-0.2, 0) is 16.0 Å². The monoisotopic (exact) mass is 378 g/mol. The lowest BCUT2D eigenvalue weighted by molar-refractivity contribution is -0.141. The van der Waals surface area contributed by atoms with Crippen LogP contribution in [-0.4, -0.2) is 47.4 Å². The second-order valence-electron chi connectivity index (χ2n) is 7.44. The minimum absolute atomic E-state index is 0.00706. The van der Waals surface area contributed by atoms with Gasteiger partial charge in [0.1, 0.15) is 0 Å². The van der Waals surface area contributed by atoms with Gasteiger partial charge in [0.25, 0.3) is 5.91 Å². The first-order chi connectivity index (χ1) is 13.5. The van der Waals surface area contributed by atoms with Gasteiger partial charge in [0.15, 0.2) is 0 Å². The minimum Gasteiger partial charge on any atom is -0.481 e. The standard InChI is InChI=1S/C22H22N2O4/c1-14(25)24-10-9-16-11-17(7-8-20(16)24)21(26)23-12-18(19(13-23)22(27)28)15-5-3-2-4-6-15/h2-8,11,18-19H,9-10,12-13H2,1H3,(H,27,28)/t18-,19-/m0/s1. The Labute approximate surface area is 163 Å². The largest absolute Gasteiger partial charge is 0.481 e. The van der Waals surface area contributed by atoms with E-state index in [0.717, 1.165) is 23.2 Å². The lowest BCUT2D eigenvalue weighted by Crippen LogP contribution is -2.30. The molecule has 6 heteroatoms. The molecule has 28 heavy (non-hydrogen) atoms. The molecule has 0 radical (unpaired) electrons. The van der Waals surface area contributed by atoms with Crippen LogP contribution in [0.5, 0.6) is 0 Å². The Morgan fingerprint density at radius 2 is 1.79 bits per heavy atom. The van der Waals surface area contributed by atoms with Crippen molar-refractivity contribution in [2.24, 2.45) is 5.92 Å². The molecule has 0 bridgehead atoms. The first kappa shape index (κ1) is 18.2. The van der Waals surface area contributed by atoms with Gasteiger partial charge in [-0.2, -0.15) is 0 Å². The van der Waals surface area contributed by atoms with Gasteiger partial charge in [0.2, 0.25) is 5.91 Å². The Morgan fingerprint density at radius 3 is 2.46 bits per heavy atom. The molecule has 2 atom stereocenters. The Kier molecular flexibility index (Phi) is 4.63. The molecule has 2 heterocycles. The summed E-state index contributed by atoms with van der Waals surface area (Å²) in [6.07, 6.45) is 0.723. The van der Waals surface area contributed by atoms with Gasteiger partial charge in [-0.25, -0.2) is 0 Å². The Balaban J connectivity index is 1.57. The summed E-state index contributed by atoms with van der Waals surface area (Å²) in [5.74, 6) is -1.88. The molecule has 0 aromatic heterocycles. The predicted molar refractivity (Wildman–Crippen MR) is 104 cm³/mol. The highest BCUT2D eigenvalue weighted by molar-refractivity contribution is 5.98. The number of carboxylic acids is 1. The number of carbonyl (C=O) groups excluding carboxylic acids is 2. The van der Waals surface area contributed by atoms with Gasteiger partial charge in [0.05, 0.1) is 5.92 Å². The highest BCUT2D eigenvalue weighted by Gasteiger charge is 2.40. The van der Waals surface area contributed by atoms with Gasteiger partial charge in [-0.15, -0.1) is 0 Å². The molecule has 6 nitrogen and oxygen atoms in total. The summed E-state index contributed by atoms with van der Waals surface area (Å²) in [6, 6.07) is 14.9. The topological polar surface area (TPSA) is 77.9 Å². The smallest absolute Gasteiger partial charge is 0.308 e. The first-order valence-corrected chi connectivity index (χ1v) is 9.43. The van der Waals surface area contributed by atoms with Crippen LogP contribution in [0.1, 0.15) is 34.3 Å². The summed E-state index contributed by atoms with van der Waals surface area (Å²) < 4.78 is 0. The number of likely N-dealkylation sites (tertiary alicyclic amines) is 1. The van der Waals surface area contributed by atoms with Crippen LogP contribution in [0, 0.1) is 5.92 Å². The Bertz CT molecular complexity index is 941. The lowest BCUT2D eigenvalue weighted by atomic mass is 9.89. The molecule has 1 fully saturated rings. The summed E-state index contributed by atoms with van der Waals surface area (Å²) in [7, 11) is 0. The molecular weight excluding hydrogens is 356 g/mol. The van der Waals surface area contributed by atoms with Crippen molar-refractivity contribution in [3.63, 3.8) is 0 Å². The first-order valence-electron chi connectivity index (χ1n) is 9.43. The maximum atomic E-state index is 13.1. The third-order valence-corrected chi connectivity index (χ3v) is 5.75. The number of carboxylic acid groups (broad SMARTS) is 1. The summed E-state index contributed by atoms with van der Waals surface area (Å²) in [5, 5.41) is 9.65. The highest BCUT2D eigenvalue weighted by Crippen LogP contribution is 2.35. The summed E-state index contributed by atoms with van der Waals surface area (Å²) in [6.45, 7) is 2.75. The van der Waals surface area contributed by atoms with Crippen LogP contribution in [0.15, 0.2) is 48.5 Å². The van der Waals surface area contributed by atoms with E-state index in [4.69, 9.17) is 0 Å². The van der Waals surface area contributed by atoms with E-state index in [1.807, 2.05) is 42.5 Å². The van der Waals surface area contributed by atoms with Crippen LogP contribution in [0.2, 0.25) is 0 Å². The van der Waals surface area contributed by atoms with Crippen LogP contribution >= 0.6 is 0 Å². The number of carbonyl (C=O) groups is 3. The maximum Gasteiger partial charge on any atom is 0.308 e. The molecule has 0 unspecified atom stereocenters. The maximum absolute atomic E-state index is 13.1. The van der Waals surface area contributed by atoms with Crippen LogP contribution in [0.25, 0.3) is 0 Å². The van der Waals surface area contributed by atoms with E-state index in [1.165, 1.54) is 6.92 Å². The molecule has 1 N–H and O–H groups in total. The van der Waals surface area contributed by atoms with Gasteiger partial charge in [-0.1, -0.05) is 30.3 Å². The zero-order chi connectivity index (χ0) is 19.8. The third kappa shape index (κ3) is 3.15. The lowest BCUT2D eigenvalue weighted by Gasteiger charge is -2.18. The number of anilines is 1. The second kappa shape index (κ2) is 7.11. The zero-order valence-electron chi connectivity index (χ0n) is 15.7. The van der Waals surface area contributed by atoms with Gasteiger partial charge in [0, 0.05) is 43.7 Å². The normalized spacial score (nSPS) is 20.9. The van der Waals surface area contributed by atoms with Crippen molar-refractivity contribution in [2.45, 2.75) is 19.3 Å². The quantitative estimate of drug-likeness (QED) is 0.890. The van der Waals surface area contributed by atoms with E-state index >= 15 is 0 Å². The van der Waals surface area contributed by atoms with E-state index in [2.05, 4.69) is 0 Å². The average molecular weight is 378 g/mol. The van der Waals surface area contributed by atoms with Crippen molar-refractivity contribution >= 4 is 23.5 Å². The Hall–Kier alpha value is -3.15. The summed E-state index contributed by atoms with van der Waals surface area (Å²) in [5.41, 5.74) is 3.32. The van der Waals surface area contributed by atoms with Crippen LogP contribution in [0.4, 0.5) is 5.69 Å². The number of hydrogen-bond acceptors (Lipinski definition) is 3. The van der Waals surface area contributed by atoms with E-state index in [0.29, 0.717) is 18.7 Å². The van der Waals surface area contributed by atoms with Crippen LogP contribution < -0.4 is 4.90 Å². The van der Waals surface area contributed by atoms with Crippen molar-refractivity contribution in [1.82, 2.24) is 4.90 Å². The molecule has 2 amide bonds. The van der Waals surface area contributed by atoms with Crippen molar-refractivity contribution in [2.75, 3.05) is 24.5 Å². The fourth-order valence-electron chi connectivity index (χ4n) is 4.30. The molecule has 2 aliphatic heterocycles. The molecule has 2 aromatic carbocycles. The average Bonchev–Trinajstić information content (AvgIpc) is 3.32. The number of benzene rings is 2. The molecule has 0 aliphatic carbocycles. The third-order valence-electron chi connectivity index (χ3n) is 5.75. The second-order valence-corrected chi connectivity index (χ2v) is 7.44. The molecule has 144 valence electrons. The number of fused-ring (bicyclic) bond motifs is 1. The molecule has 0 saturated carbocycles. The number of hydrogen-bond donors (Lipinski definition) is 1. The molecule has 4 rings (SSSR count). The zero-order valence-corrected chi connectivity index (χ0v) is 15.7. The van der Waals surface area contributed by atoms with Gasteiger partial charge in [-0.3, -0.25) is 14.4 Å². The van der Waals surface area contributed by atoms with Crippen LogP contribution in [0.3, 0.4) is 0 Å². The highest BCUT2D eigenvalue weighted by atomic mass is 16.4. The summed E-state index contributed by atoms with van der Waals surface area (Å²) >= 11 is 0. The van der Waals surface area contributed by atoms with Gasteiger partial charge >= 0.3 is 5.97 Å². The van der Waals surface area contributed by atoms with E-state index < -0.39 is 11.9 Å². The predicted octanol–water partition coefficient (Wildman–Crippen LogP) is 2.54. The number of nitrogens with zero attached hydrogens (tertiary/aromatic N) is 2. The summed E-state index contributed by atoms with van der Waals surface area (Å²) in [4.78, 5) is 39.9. The SMILES string of the molecule is CC(=O)N1CCc2cc(C(=O)N3C[C@H](C(=O)O)[C@H](c4ccccc4)C3)ccc21. The Morgan fingerprint density at radius 1 is 1.04 bits per heavy atom. The fourth-order valence-corrected chi connectivity index (χ4v) is 4.30. The molecule has 1 saturated heterocycles. The van der Waals surface area contributed by atoms with E-state index in [1.54, 1.807) is 15.9 Å². The van der Waals surface area contributed by atoms with Crippen molar-refractivity contribution in [3.05, 3.63) is 65.2 Å².